The molecule has 2 aromatic rings. The van der Waals surface area contributed by atoms with Crippen LogP contribution in [-0.4, -0.2) is 0 Å². The summed E-state index contributed by atoms with van der Waals surface area (Å²) in [5.41, 5.74) is 2.95. The van der Waals surface area contributed by atoms with Gasteiger partial charge in [-0.2, -0.15) is 0 Å². The first-order chi connectivity index (χ1) is 12.3. The zero-order valence-corrected chi connectivity index (χ0v) is 15.6. The molecule has 1 atom stereocenters. The summed E-state index contributed by atoms with van der Waals surface area (Å²) in [5, 5.41) is 0. The molecule has 1 aliphatic carbocycles. The lowest BCUT2D eigenvalue weighted by molar-refractivity contribution is 0.309. The monoisotopic (exact) mass is 330 g/mol. The van der Waals surface area contributed by atoms with E-state index in [2.05, 4.69) is 98.8 Å². The minimum atomic E-state index is 0.0558. The summed E-state index contributed by atoms with van der Waals surface area (Å²) < 4.78 is 0. The second-order valence-electron chi connectivity index (χ2n) is 7.30. The van der Waals surface area contributed by atoms with Crippen LogP contribution in [0, 0.1) is 11.8 Å². The summed E-state index contributed by atoms with van der Waals surface area (Å²) in [4.78, 5) is 0. The van der Waals surface area contributed by atoms with E-state index in [1.165, 1.54) is 24.0 Å². The first-order valence-corrected chi connectivity index (χ1v) is 9.71. The van der Waals surface area contributed by atoms with Crippen LogP contribution < -0.4 is 0 Å². The summed E-state index contributed by atoms with van der Waals surface area (Å²) in [5.74, 6) is 1.48. The molecule has 2 aromatic carbocycles. The molecule has 0 spiro atoms. The van der Waals surface area contributed by atoms with Crippen LogP contribution >= 0.6 is 0 Å². The third-order valence-electron chi connectivity index (χ3n) is 5.74. The number of hydrogen-bond donors (Lipinski definition) is 0. The Balaban J connectivity index is 2.06. The molecule has 3 rings (SSSR count). The van der Waals surface area contributed by atoms with E-state index in [-0.39, 0.29) is 5.41 Å². The number of rotatable bonds is 8. The summed E-state index contributed by atoms with van der Waals surface area (Å²) in [6.07, 6.45) is 13.9. The Hall–Kier alpha value is -2.08. The summed E-state index contributed by atoms with van der Waals surface area (Å²) in [7, 11) is 0. The molecule has 0 saturated heterocycles. The quantitative estimate of drug-likeness (QED) is 0.460. The minimum absolute atomic E-state index is 0.0558. The van der Waals surface area contributed by atoms with Crippen LogP contribution in [0.25, 0.3) is 0 Å². The molecule has 0 bridgehead atoms. The largest absolute Gasteiger partial charge is 0.0848 e. The Morgan fingerprint density at radius 3 is 1.88 bits per heavy atom. The third kappa shape index (κ3) is 3.95. The van der Waals surface area contributed by atoms with E-state index < -0.39 is 0 Å². The van der Waals surface area contributed by atoms with Crippen molar-refractivity contribution in [2.24, 2.45) is 11.8 Å². The van der Waals surface area contributed by atoms with E-state index >= 15 is 0 Å². The van der Waals surface area contributed by atoms with Crippen molar-refractivity contribution < 1.29 is 0 Å². The van der Waals surface area contributed by atoms with Crippen LogP contribution in [0.3, 0.4) is 0 Å². The lowest BCUT2D eigenvalue weighted by Gasteiger charge is -2.40. The molecule has 1 fully saturated rings. The van der Waals surface area contributed by atoms with Crippen molar-refractivity contribution in [3.8, 4) is 0 Å². The summed E-state index contributed by atoms with van der Waals surface area (Å²) in [6, 6.07) is 22.3. The highest BCUT2D eigenvalue weighted by atomic mass is 14.5. The van der Waals surface area contributed by atoms with Crippen LogP contribution in [0.4, 0.5) is 0 Å². The Bertz CT molecular complexity index is 650. The zero-order chi connectivity index (χ0) is 17.5. The number of hydrogen-bond acceptors (Lipinski definition) is 0. The van der Waals surface area contributed by atoms with Crippen LogP contribution in [0.1, 0.15) is 50.7 Å². The van der Waals surface area contributed by atoms with Gasteiger partial charge in [0, 0.05) is 5.41 Å². The molecule has 0 heterocycles. The van der Waals surface area contributed by atoms with E-state index in [1.807, 2.05) is 0 Å². The highest BCUT2D eigenvalue weighted by molar-refractivity contribution is 5.42. The average molecular weight is 331 g/mol. The Morgan fingerprint density at radius 2 is 1.40 bits per heavy atom. The lowest BCUT2D eigenvalue weighted by Crippen LogP contribution is -2.36. The maximum absolute atomic E-state index is 2.47. The second kappa shape index (κ2) is 8.34. The number of allylic oxidation sites excluding steroid dienone is 4. The van der Waals surface area contributed by atoms with Gasteiger partial charge < -0.3 is 0 Å². The van der Waals surface area contributed by atoms with E-state index in [1.54, 1.807) is 0 Å². The van der Waals surface area contributed by atoms with Gasteiger partial charge >= 0.3 is 0 Å². The lowest BCUT2D eigenvalue weighted by atomic mass is 9.63. The van der Waals surface area contributed by atoms with Crippen molar-refractivity contribution in [3.05, 3.63) is 96.1 Å². The topological polar surface area (TPSA) is 0 Å². The van der Waals surface area contributed by atoms with Crippen LogP contribution in [0.15, 0.2) is 85.0 Å². The normalized spacial score (nSPS) is 16.6. The van der Waals surface area contributed by atoms with Crippen molar-refractivity contribution in [2.75, 3.05) is 0 Å². The Morgan fingerprint density at radius 1 is 0.880 bits per heavy atom. The predicted molar refractivity (Wildman–Crippen MR) is 109 cm³/mol. The van der Waals surface area contributed by atoms with E-state index in [0.29, 0.717) is 5.92 Å². The molecule has 25 heavy (non-hydrogen) atoms. The van der Waals surface area contributed by atoms with E-state index in [4.69, 9.17) is 0 Å². The molecule has 0 N–H and O–H groups in total. The Labute approximate surface area is 153 Å². The van der Waals surface area contributed by atoms with Crippen LogP contribution in [-0.2, 0) is 5.41 Å². The second-order valence-corrected chi connectivity index (χ2v) is 7.30. The van der Waals surface area contributed by atoms with Gasteiger partial charge in [0.25, 0.3) is 0 Å². The predicted octanol–water partition coefficient (Wildman–Crippen LogP) is 6.93. The van der Waals surface area contributed by atoms with Gasteiger partial charge in [-0.1, -0.05) is 98.8 Å². The molecule has 1 unspecified atom stereocenters. The van der Waals surface area contributed by atoms with Crippen molar-refractivity contribution in [2.45, 2.75) is 44.9 Å². The van der Waals surface area contributed by atoms with Gasteiger partial charge in [0.1, 0.15) is 0 Å². The maximum Gasteiger partial charge on any atom is 0.0265 e. The number of benzene rings is 2. The highest BCUT2D eigenvalue weighted by Crippen LogP contribution is 2.52. The van der Waals surface area contributed by atoms with Gasteiger partial charge in [-0.15, -0.1) is 0 Å². The fourth-order valence-electron chi connectivity index (χ4n) is 4.13. The molecule has 0 aliphatic heterocycles. The molecule has 0 amide bonds. The molecule has 1 aliphatic rings. The molecule has 130 valence electrons. The molecule has 1 saturated carbocycles. The molecule has 0 radical (unpaired) electrons. The van der Waals surface area contributed by atoms with E-state index in [0.717, 1.165) is 18.8 Å². The van der Waals surface area contributed by atoms with Crippen LogP contribution in [0.5, 0.6) is 0 Å². The van der Waals surface area contributed by atoms with E-state index in [9.17, 15) is 0 Å². The first kappa shape index (κ1) is 17.7. The molecular weight excluding hydrogens is 300 g/mol. The Kier molecular flexibility index (Phi) is 5.91. The van der Waals surface area contributed by atoms with Crippen molar-refractivity contribution in [1.82, 2.24) is 0 Å². The standard InChI is InChI=1S/C25H30/c1-3-4-5-6-13-20-25(21(2)22-18-19-22,23-14-9-7-10-15-23)24-16-11-8-12-17-24/h4-17,21-22H,3,18-20H2,1-2H3/b5-4-,13-6-. The SMILES string of the molecule is CC/C=C\C=C/CC(c1ccccc1)(c1ccccc1)C(C)C1CC1. The molecule has 0 heteroatoms. The van der Waals surface area contributed by atoms with Gasteiger partial charge in [-0.3, -0.25) is 0 Å². The van der Waals surface area contributed by atoms with Gasteiger partial charge in [-0.25, -0.2) is 0 Å². The zero-order valence-electron chi connectivity index (χ0n) is 15.6. The fraction of sp³-hybridized carbons (Fsp3) is 0.360. The highest BCUT2D eigenvalue weighted by Gasteiger charge is 2.45. The molecular formula is C25H30. The minimum Gasteiger partial charge on any atom is -0.0848 e. The van der Waals surface area contributed by atoms with Crippen LogP contribution in [0.2, 0.25) is 0 Å². The molecule has 0 nitrogen and oxygen atoms in total. The third-order valence-corrected chi connectivity index (χ3v) is 5.74. The van der Waals surface area contributed by atoms with Crippen molar-refractivity contribution in [1.29, 1.82) is 0 Å². The average Bonchev–Trinajstić information content (AvgIpc) is 3.51. The first-order valence-electron chi connectivity index (χ1n) is 9.71. The molecule has 0 aromatic heterocycles. The van der Waals surface area contributed by atoms with Gasteiger partial charge in [0.2, 0.25) is 0 Å². The van der Waals surface area contributed by atoms with Gasteiger partial charge in [0.15, 0.2) is 0 Å². The summed E-state index contributed by atoms with van der Waals surface area (Å²) in [6.45, 7) is 4.64. The smallest absolute Gasteiger partial charge is 0.0265 e. The maximum atomic E-state index is 2.47. The van der Waals surface area contributed by atoms with Crippen molar-refractivity contribution in [3.63, 3.8) is 0 Å². The van der Waals surface area contributed by atoms with Crippen molar-refractivity contribution >= 4 is 0 Å². The summed E-state index contributed by atoms with van der Waals surface area (Å²) >= 11 is 0. The van der Waals surface area contributed by atoms with Gasteiger partial charge in [0.05, 0.1) is 0 Å². The van der Waals surface area contributed by atoms with Gasteiger partial charge in [-0.05, 0) is 48.6 Å². The fourth-order valence-corrected chi connectivity index (χ4v) is 4.13.